The third-order valence-corrected chi connectivity index (χ3v) is 3.46. The second kappa shape index (κ2) is 5.61. The summed E-state index contributed by atoms with van der Waals surface area (Å²) < 4.78 is 0. The first-order chi connectivity index (χ1) is 6.66. The predicted octanol–water partition coefficient (Wildman–Crippen LogP) is 3.01. The number of halogens is 2. The molecule has 0 unspecified atom stereocenters. The molecule has 78 valence electrons. The van der Waals surface area contributed by atoms with Crippen molar-refractivity contribution in [3.05, 3.63) is 30.3 Å². The lowest BCUT2D eigenvalue weighted by molar-refractivity contribution is 1.12. The van der Waals surface area contributed by atoms with Gasteiger partial charge in [-0.05, 0) is 40.5 Å². The molecule has 0 bridgehead atoms. The lowest BCUT2D eigenvalue weighted by atomic mass is 10.3. The molecule has 0 aliphatic heterocycles. The molecule has 14 heavy (non-hydrogen) atoms. The van der Waals surface area contributed by atoms with Gasteiger partial charge in [0, 0.05) is 21.6 Å². The monoisotopic (exact) mass is 250 g/mol. The minimum atomic E-state index is -0.808. The summed E-state index contributed by atoms with van der Waals surface area (Å²) in [4.78, 5) is 1.93. The number of hydrogen-bond donors (Lipinski definition) is 1. The second-order valence-electron chi connectivity index (χ2n) is 2.66. The summed E-state index contributed by atoms with van der Waals surface area (Å²) >= 11 is 0. The van der Waals surface area contributed by atoms with Crippen molar-refractivity contribution in [1.29, 1.82) is 0 Å². The van der Waals surface area contributed by atoms with Crippen LogP contribution >= 0.6 is 30.3 Å². The lowest BCUT2D eigenvalue weighted by Gasteiger charge is -2.21. The number of rotatable bonds is 1. The number of hydrogen-bond acceptors (Lipinski definition) is 0. The zero-order chi connectivity index (χ0) is 10.6. The molecule has 2 nitrogen and oxygen atoms in total. The van der Waals surface area contributed by atoms with Crippen LogP contribution in [0.1, 0.15) is 0 Å². The van der Waals surface area contributed by atoms with Crippen LogP contribution in [0.5, 0.6) is 0 Å². The highest BCUT2D eigenvalue weighted by molar-refractivity contribution is 8.51. The highest BCUT2D eigenvalue weighted by Crippen LogP contribution is 2.28. The van der Waals surface area contributed by atoms with Gasteiger partial charge in [-0.1, -0.05) is 18.2 Å². The van der Waals surface area contributed by atoms with Crippen molar-refractivity contribution < 1.29 is 0 Å². The Morgan fingerprint density at radius 3 is 2.29 bits per heavy atom. The average molecular weight is 251 g/mol. The van der Waals surface area contributed by atoms with Crippen LogP contribution in [0.4, 0.5) is 5.69 Å². The largest absolute Gasteiger partial charge is 0.329 e. The van der Waals surface area contributed by atoms with Gasteiger partial charge in [0.05, 0.1) is 0 Å². The summed E-state index contributed by atoms with van der Waals surface area (Å²) in [6.07, 6.45) is 0. The van der Waals surface area contributed by atoms with E-state index in [0.29, 0.717) is 0 Å². The van der Waals surface area contributed by atoms with Gasteiger partial charge in [-0.3, -0.25) is 5.32 Å². The van der Waals surface area contributed by atoms with E-state index in [2.05, 4.69) is 5.32 Å². The van der Waals surface area contributed by atoms with Crippen molar-refractivity contribution in [3.63, 3.8) is 0 Å². The van der Waals surface area contributed by atoms with Gasteiger partial charge >= 0.3 is 0 Å². The molecule has 0 aliphatic rings. The molecular formula is C9H12Cl2N2S. The highest BCUT2D eigenvalue weighted by atomic mass is 36.0. The molecule has 1 N–H and O–H groups in total. The molecular weight excluding hydrogens is 239 g/mol. The Balaban J connectivity index is 2.96. The Kier molecular flexibility index (Phi) is 4.75. The van der Waals surface area contributed by atoms with Crippen molar-refractivity contribution in [2.24, 2.45) is 0 Å². The summed E-state index contributed by atoms with van der Waals surface area (Å²) in [5.74, 6) is 0. The van der Waals surface area contributed by atoms with Crippen LogP contribution in [0, 0.1) is 0 Å². The molecule has 0 radical (unpaired) electrons. The molecule has 0 spiro atoms. The van der Waals surface area contributed by atoms with Gasteiger partial charge in [-0.15, -0.1) is 0 Å². The number of anilines is 1. The molecule has 0 saturated heterocycles. The molecule has 1 aromatic carbocycles. The number of nitrogens with one attached hydrogen (secondary N) is 1. The van der Waals surface area contributed by atoms with Gasteiger partial charge in [0.2, 0.25) is 0 Å². The molecule has 0 atom stereocenters. The molecule has 1 rings (SSSR count). The molecule has 5 heteroatoms. The fraction of sp³-hybridized carbons (Fsp3) is 0.222. The maximum absolute atomic E-state index is 5.84. The van der Waals surface area contributed by atoms with Gasteiger partial charge in [0.25, 0.3) is 0 Å². The Morgan fingerprint density at radius 1 is 1.29 bits per heavy atom. The van der Waals surface area contributed by atoms with E-state index in [-0.39, 0.29) is 0 Å². The fourth-order valence-corrected chi connectivity index (χ4v) is 2.67. The van der Waals surface area contributed by atoms with E-state index < -0.39 is 8.91 Å². The topological polar surface area (TPSA) is 15.3 Å². The molecule has 0 aromatic heterocycles. The SMILES string of the molecule is CNC(N(C)c1ccccc1)=S(Cl)Cl. The quantitative estimate of drug-likeness (QED) is 0.772. The Bertz CT molecular complexity index is 323. The second-order valence-corrected chi connectivity index (χ2v) is 5.80. The summed E-state index contributed by atoms with van der Waals surface area (Å²) in [6.45, 7) is 0. The third-order valence-electron chi connectivity index (χ3n) is 1.81. The van der Waals surface area contributed by atoms with Crippen LogP contribution in [0.2, 0.25) is 0 Å². The molecule has 0 heterocycles. The summed E-state index contributed by atoms with van der Waals surface area (Å²) in [5.41, 5.74) is 1.05. The summed E-state index contributed by atoms with van der Waals surface area (Å²) in [5, 5.41) is 3.78. The van der Waals surface area contributed by atoms with Gasteiger partial charge < -0.3 is 4.90 Å². The first-order valence-corrected chi connectivity index (χ1v) is 6.94. The highest BCUT2D eigenvalue weighted by Gasteiger charge is 2.07. The van der Waals surface area contributed by atoms with E-state index in [0.717, 1.165) is 10.8 Å². The Morgan fingerprint density at radius 2 is 1.86 bits per heavy atom. The van der Waals surface area contributed by atoms with Crippen molar-refractivity contribution in [1.82, 2.24) is 5.32 Å². The van der Waals surface area contributed by atoms with Crippen molar-refractivity contribution in [2.45, 2.75) is 0 Å². The molecule has 0 saturated carbocycles. The third kappa shape index (κ3) is 2.89. The molecule has 1 aromatic rings. The van der Waals surface area contributed by atoms with E-state index in [1.54, 1.807) is 7.05 Å². The van der Waals surface area contributed by atoms with E-state index in [1.165, 1.54) is 0 Å². The van der Waals surface area contributed by atoms with Gasteiger partial charge in [0.1, 0.15) is 5.11 Å². The number of nitrogens with zero attached hydrogens (tertiary/aromatic N) is 1. The zero-order valence-corrected chi connectivity index (χ0v) is 10.3. The van der Waals surface area contributed by atoms with Gasteiger partial charge in [0.15, 0.2) is 0 Å². The maximum atomic E-state index is 5.84. The maximum Gasteiger partial charge on any atom is 0.140 e. The van der Waals surface area contributed by atoms with Gasteiger partial charge in [-0.2, -0.15) is 0 Å². The summed E-state index contributed by atoms with van der Waals surface area (Å²) in [7, 11) is 14.6. The van der Waals surface area contributed by atoms with Crippen LogP contribution in [-0.4, -0.2) is 19.2 Å². The normalized spacial score (nSPS) is 10.4. The predicted molar refractivity (Wildman–Crippen MR) is 68.2 cm³/mol. The zero-order valence-electron chi connectivity index (χ0n) is 8.00. The van der Waals surface area contributed by atoms with Gasteiger partial charge in [-0.25, -0.2) is 0 Å². The molecule has 0 fully saturated rings. The minimum absolute atomic E-state index is 0.791. The van der Waals surface area contributed by atoms with Crippen LogP contribution in [0.15, 0.2) is 30.3 Å². The first-order valence-electron chi connectivity index (χ1n) is 4.07. The summed E-state index contributed by atoms with van der Waals surface area (Å²) in [6, 6.07) is 9.91. The Hall–Kier alpha value is -0.220. The first kappa shape index (κ1) is 11.9. The van der Waals surface area contributed by atoms with Crippen LogP contribution < -0.4 is 10.2 Å². The van der Waals surface area contributed by atoms with Crippen molar-refractivity contribution in [3.8, 4) is 0 Å². The van der Waals surface area contributed by atoms with Crippen LogP contribution in [0.3, 0.4) is 0 Å². The number of para-hydroxylation sites is 1. The smallest absolute Gasteiger partial charge is 0.140 e. The lowest BCUT2D eigenvalue weighted by Crippen LogP contribution is -2.35. The van der Waals surface area contributed by atoms with E-state index in [9.17, 15) is 0 Å². The van der Waals surface area contributed by atoms with E-state index in [1.807, 2.05) is 42.3 Å². The van der Waals surface area contributed by atoms with E-state index in [4.69, 9.17) is 21.4 Å². The van der Waals surface area contributed by atoms with Crippen molar-refractivity contribution in [2.75, 3.05) is 19.0 Å². The van der Waals surface area contributed by atoms with Crippen LogP contribution in [0.25, 0.3) is 0 Å². The van der Waals surface area contributed by atoms with Crippen molar-refractivity contribution >= 4 is 41.1 Å². The fourth-order valence-electron chi connectivity index (χ4n) is 1.12. The standard InChI is InChI=1S/C9H12Cl2N2S/c1-12-9(14(10)11)13(2)8-6-4-3-5-7-8/h3-7,12H,1-2H3. The van der Waals surface area contributed by atoms with Crippen LogP contribution in [-0.2, 0) is 0 Å². The minimum Gasteiger partial charge on any atom is -0.329 e. The Labute approximate surface area is 95.7 Å². The number of benzene rings is 1. The van der Waals surface area contributed by atoms with E-state index >= 15 is 0 Å². The molecule has 0 amide bonds. The average Bonchev–Trinajstić information content (AvgIpc) is 2.19. The molecule has 0 aliphatic carbocycles.